The van der Waals surface area contributed by atoms with Gasteiger partial charge < -0.3 is 4.79 Å². The topological polar surface area (TPSA) is 17.1 Å². The van der Waals surface area contributed by atoms with E-state index in [-0.39, 0.29) is 5.68 Å². The number of carbonyl (C=O) groups excluding carboxylic acids is 1. The highest BCUT2D eigenvalue weighted by molar-refractivity contribution is 6.62. The van der Waals surface area contributed by atoms with Crippen molar-refractivity contribution in [3.8, 4) is 0 Å². The third-order valence-electron chi connectivity index (χ3n) is 1.23. The summed E-state index contributed by atoms with van der Waals surface area (Å²) in [6, 6.07) is 6.91. The minimum Gasteiger partial charge on any atom is -0.307 e. The lowest BCUT2D eigenvalue weighted by Crippen LogP contribution is -1.95. The Kier molecular flexibility index (Phi) is 2.12. The van der Waals surface area contributed by atoms with Gasteiger partial charge in [-0.25, -0.2) is 0 Å². The summed E-state index contributed by atoms with van der Waals surface area (Å²) >= 11 is 5.64. The lowest BCUT2D eigenvalue weighted by atomic mass is 9.95. The van der Waals surface area contributed by atoms with Gasteiger partial charge in [0.25, 0.3) is 0 Å². The summed E-state index contributed by atoms with van der Waals surface area (Å²) in [5, 5.41) is 0.604. The third kappa shape index (κ3) is 1.61. The van der Waals surface area contributed by atoms with E-state index in [0.717, 1.165) is 0 Å². The molecule has 0 saturated heterocycles. The molecule has 1 aromatic rings. The Bertz CT molecular complexity index is 260. The van der Waals surface area contributed by atoms with Gasteiger partial charge in [0.2, 0.25) is 0 Å². The van der Waals surface area contributed by atoms with E-state index >= 15 is 0 Å². The fraction of sp³-hybridized carbons (Fsp3) is 0. The van der Waals surface area contributed by atoms with Crippen molar-refractivity contribution < 1.29 is 4.79 Å². The van der Waals surface area contributed by atoms with Gasteiger partial charge in [0.15, 0.2) is 7.85 Å². The van der Waals surface area contributed by atoms with Crippen LogP contribution in [0.2, 0.25) is 5.02 Å². The summed E-state index contributed by atoms with van der Waals surface area (Å²) in [6.45, 7) is 0. The maximum absolute atomic E-state index is 10.7. The fourth-order valence-corrected chi connectivity index (χ4v) is 0.898. The average molecular weight is 152 g/mol. The maximum Gasteiger partial charge on any atom is 0.193 e. The van der Waals surface area contributed by atoms with Gasteiger partial charge in [-0.05, 0) is 12.1 Å². The van der Waals surface area contributed by atoms with Crippen LogP contribution in [0.4, 0.5) is 0 Å². The van der Waals surface area contributed by atoms with E-state index in [4.69, 9.17) is 11.6 Å². The van der Waals surface area contributed by atoms with Crippen LogP contribution in [0, 0.1) is 0 Å². The molecular weight excluding hydrogens is 146 g/mol. The number of halogens is 1. The fourth-order valence-electron chi connectivity index (χ4n) is 0.707. The number of hydrogen-bond donors (Lipinski definition) is 0. The Morgan fingerprint density at radius 1 is 1.50 bits per heavy atom. The monoisotopic (exact) mass is 152 g/mol. The number of rotatable bonds is 1. The molecule has 0 bridgehead atoms. The standard InChI is InChI=1S/C7H6BClO/c8-7(10)5-2-1-3-6(9)4-5/h1-4H,8H2. The Balaban J connectivity index is 3.07. The predicted octanol–water partition coefficient (Wildman–Crippen LogP) is 1.11. The molecule has 0 saturated carbocycles. The van der Waals surface area contributed by atoms with Crippen LogP contribution in [0.3, 0.4) is 0 Å². The molecular formula is C7H6BClO. The molecule has 0 heterocycles. The minimum atomic E-state index is 0.0440. The van der Waals surface area contributed by atoms with Crippen LogP contribution in [-0.2, 0) is 0 Å². The molecule has 0 aliphatic heterocycles. The molecule has 0 aromatic heterocycles. The van der Waals surface area contributed by atoms with Crippen molar-refractivity contribution >= 4 is 25.1 Å². The highest BCUT2D eigenvalue weighted by atomic mass is 35.5. The lowest BCUT2D eigenvalue weighted by molar-refractivity contribution is 0.108. The van der Waals surface area contributed by atoms with Gasteiger partial charge in [0.1, 0.15) is 5.68 Å². The molecule has 0 spiro atoms. The van der Waals surface area contributed by atoms with Crippen molar-refractivity contribution in [2.24, 2.45) is 0 Å². The van der Waals surface area contributed by atoms with Crippen molar-refractivity contribution in [3.63, 3.8) is 0 Å². The molecule has 10 heavy (non-hydrogen) atoms. The zero-order valence-corrected chi connectivity index (χ0v) is 6.35. The minimum absolute atomic E-state index is 0.0440. The maximum atomic E-state index is 10.7. The Hall–Kier alpha value is -0.755. The quantitative estimate of drug-likeness (QED) is 0.551. The van der Waals surface area contributed by atoms with Crippen molar-refractivity contribution in [2.45, 2.75) is 0 Å². The van der Waals surface area contributed by atoms with Crippen molar-refractivity contribution in [3.05, 3.63) is 34.9 Å². The highest BCUT2D eigenvalue weighted by Crippen LogP contribution is 2.09. The van der Waals surface area contributed by atoms with Crippen LogP contribution in [0.1, 0.15) is 10.4 Å². The molecule has 1 aromatic carbocycles. The molecule has 0 amide bonds. The lowest BCUT2D eigenvalue weighted by Gasteiger charge is -1.93. The molecule has 1 rings (SSSR count). The highest BCUT2D eigenvalue weighted by Gasteiger charge is 1.96. The molecule has 0 unspecified atom stereocenters. The molecule has 50 valence electrons. The van der Waals surface area contributed by atoms with Gasteiger partial charge >= 0.3 is 0 Å². The second kappa shape index (κ2) is 2.89. The van der Waals surface area contributed by atoms with Crippen LogP contribution in [0.5, 0.6) is 0 Å². The van der Waals surface area contributed by atoms with Gasteiger partial charge in [-0.3, -0.25) is 0 Å². The first-order valence-corrected chi connectivity index (χ1v) is 3.34. The Morgan fingerprint density at radius 2 is 2.20 bits per heavy atom. The van der Waals surface area contributed by atoms with Crippen molar-refractivity contribution in [1.29, 1.82) is 0 Å². The van der Waals surface area contributed by atoms with E-state index in [0.29, 0.717) is 10.6 Å². The summed E-state index contributed by atoms with van der Waals surface area (Å²) < 4.78 is 0. The van der Waals surface area contributed by atoms with Gasteiger partial charge in [-0.15, -0.1) is 0 Å². The van der Waals surface area contributed by atoms with Gasteiger partial charge in [-0.2, -0.15) is 0 Å². The number of carbonyl (C=O) groups is 1. The van der Waals surface area contributed by atoms with E-state index in [2.05, 4.69) is 0 Å². The Morgan fingerprint density at radius 3 is 2.60 bits per heavy atom. The van der Waals surface area contributed by atoms with Gasteiger partial charge in [0.05, 0.1) is 0 Å². The summed E-state index contributed by atoms with van der Waals surface area (Å²) in [6.07, 6.45) is 0. The molecule has 1 nitrogen and oxygen atoms in total. The van der Waals surface area contributed by atoms with Gasteiger partial charge in [0, 0.05) is 10.6 Å². The number of hydrogen-bond acceptors (Lipinski definition) is 1. The van der Waals surface area contributed by atoms with Crippen LogP contribution in [0.15, 0.2) is 24.3 Å². The van der Waals surface area contributed by atoms with E-state index in [1.54, 1.807) is 24.3 Å². The number of benzene rings is 1. The van der Waals surface area contributed by atoms with E-state index < -0.39 is 0 Å². The van der Waals surface area contributed by atoms with Crippen LogP contribution in [-0.4, -0.2) is 13.5 Å². The van der Waals surface area contributed by atoms with Crippen molar-refractivity contribution in [1.82, 2.24) is 0 Å². The first-order chi connectivity index (χ1) is 4.70. The predicted molar refractivity (Wildman–Crippen MR) is 44.3 cm³/mol. The molecule has 0 fully saturated rings. The second-order valence-corrected chi connectivity index (χ2v) is 2.50. The van der Waals surface area contributed by atoms with E-state index in [9.17, 15) is 4.79 Å². The van der Waals surface area contributed by atoms with E-state index in [1.165, 1.54) is 7.85 Å². The summed E-state index contributed by atoms with van der Waals surface area (Å²) in [5.74, 6) is 0. The summed E-state index contributed by atoms with van der Waals surface area (Å²) in [5.41, 5.74) is 0.704. The molecule has 0 radical (unpaired) electrons. The second-order valence-electron chi connectivity index (χ2n) is 2.07. The molecule has 0 atom stereocenters. The summed E-state index contributed by atoms with van der Waals surface area (Å²) in [7, 11) is 1.52. The van der Waals surface area contributed by atoms with Crippen LogP contribution < -0.4 is 0 Å². The Labute approximate surface area is 65.4 Å². The zero-order valence-electron chi connectivity index (χ0n) is 5.60. The molecule has 0 aliphatic carbocycles. The van der Waals surface area contributed by atoms with Crippen LogP contribution >= 0.6 is 11.6 Å². The summed E-state index contributed by atoms with van der Waals surface area (Å²) in [4.78, 5) is 10.7. The normalized spacial score (nSPS) is 9.30. The molecule has 3 heteroatoms. The van der Waals surface area contributed by atoms with Crippen LogP contribution in [0.25, 0.3) is 0 Å². The largest absolute Gasteiger partial charge is 0.307 e. The van der Waals surface area contributed by atoms with E-state index in [1.807, 2.05) is 0 Å². The van der Waals surface area contributed by atoms with Crippen molar-refractivity contribution in [2.75, 3.05) is 0 Å². The first-order valence-electron chi connectivity index (χ1n) is 2.96. The smallest absolute Gasteiger partial charge is 0.193 e. The first kappa shape index (κ1) is 7.35. The zero-order chi connectivity index (χ0) is 7.56. The SMILES string of the molecule is BC(=O)c1cccc(Cl)c1. The molecule has 0 N–H and O–H groups in total. The third-order valence-corrected chi connectivity index (χ3v) is 1.47. The average Bonchev–Trinajstić information content (AvgIpc) is 1.88. The van der Waals surface area contributed by atoms with Gasteiger partial charge in [-0.1, -0.05) is 23.7 Å². The molecule has 0 aliphatic rings.